The zero-order valence-corrected chi connectivity index (χ0v) is 15.9. The van der Waals surface area contributed by atoms with E-state index in [-0.39, 0.29) is 11.3 Å². The van der Waals surface area contributed by atoms with E-state index in [1.165, 1.54) is 16.7 Å². The zero-order chi connectivity index (χ0) is 17.6. The van der Waals surface area contributed by atoms with Crippen LogP contribution in [0.4, 0.5) is 0 Å². The Morgan fingerprint density at radius 3 is 2.33 bits per heavy atom. The Bertz CT molecular complexity index is 671. The van der Waals surface area contributed by atoms with Crippen molar-refractivity contribution in [1.82, 2.24) is 5.32 Å². The molecule has 0 aliphatic rings. The summed E-state index contributed by atoms with van der Waals surface area (Å²) in [5.74, 6) is 1.91. The lowest BCUT2D eigenvalue weighted by Gasteiger charge is -2.19. The number of thioether (sulfide) groups is 1. The van der Waals surface area contributed by atoms with E-state index in [1.54, 1.807) is 0 Å². The standard InChI is InChI=1S/C21H27NOS/c1-16-7-5-6-8-18(16)15-24-14-13-22-20(23)17-9-11-19(12-10-17)21(2,3)4/h5-12H,13-15H2,1-4H3,(H,22,23). The summed E-state index contributed by atoms with van der Waals surface area (Å²) in [7, 11) is 0. The Morgan fingerprint density at radius 2 is 1.71 bits per heavy atom. The third-order valence-electron chi connectivity index (χ3n) is 4.06. The number of nitrogens with one attached hydrogen (secondary N) is 1. The maximum absolute atomic E-state index is 12.2. The van der Waals surface area contributed by atoms with Gasteiger partial charge >= 0.3 is 0 Å². The molecule has 1 amide bonds. The van der Waals surface area contributed by atoms with Crippen molar-refractivity contribution < 1.29 is 4.79 Å². The summed E-state index contributed by atoms with van der Waals surface area (Å²) >= 11 is 1.85. The van der Waals surface area contributed by atoms with E-state index in [4.69, 9.17) is 0 Å². The fourth-order valence-electron chi connectivity index (χ4n) is 2.41. The second kappa shape index (κ2) is 8.39. The molecular weight excluding hydrogens is 314 g/mol. The summed E-state index contributed by atoms with van der Waals surface area (Å²) in [5.41, 5.74) is 4.78. The van der Waals surface area contributed by atoms with Crippen molar-refractivity contribution in [3.8, 4) is 0 Å². The van der Waals surface area contributed by atoms with Crippen molar-refractivity contribution in [3.63, 3.8) is 0 Å². The molecule has 0 saturated heterocycles. The molecule has 128 valence electrons. The molecule has 0 radical (unpaired) electrons. The third-order valence-corrected chi connectivity index (χ3v) is 5.07. The highest BCUT2D eigenvalue weighted by Gasteiger charge is 2.14. The molecule has 0 aliphatic carbocycles. The van der Waals surface area contributed by atoms with E-state index in [1.807, 2.05) is 36.0 Å². The normalized spacial score (nSPS) is 11.3. The number of carbonyl (C=O) groups excluding carboxylic acids is 1. The molecule has 0 fully saturated rings. The van der Waals surface area contributed by atoms with Crippen LogP contribution in [0.25, 0.3) is 0 Å². The van der Waals surface area contributed by atoms with Crippen LogP contribution < -0.4 is 5.32 Å². The minimum Gasteiger partial charge on any atom is -0.351 e. The first-order chi connectivity index (χ1) is 11.4. The monoisotopic (exact) mass is 341 g/mol. The molecule has 24 heavy (non-hydrogen) atoms. The van der Waals surface area contributed by atoms with Crippen LogP contribution in [0.15, 0.2) is 48.5 Å². The van der Waals surface area contributed by atoms with Gasteiger partial charge in [-0.1, -0.05) is 57.2 Å². The predicted molar refractivity (Wildman–Crippen MR) is 105 cm³/mol. The first kappa shape index (κ1) is 18.6. The molecule has 0 unspecified atom stereocenters. The van der Waals surface area contributed by atoms with Gasteiger partial charge in [0.1, 0.15) is 0 Å². The Labute approximate surface area is 150 Å². The highest BCUT2D eigenvalue weighted by molar-refractivity contribution is 7.98. The quantitative estimate of drug-likeness (QED) is 0.753. The van der Waals surface area contributed by atoms with Gasteiger partial charge < -0.3 is 5.32 Å². The summed E-state index contributed by atoms with van der Waals surface area (Å²) in [6, 6.07) is 16.4. The summed E-state index contributed by atoms with van der Waals surface area (Å²) in [5, 5.41) is 3.00. The van der Waals surface area contributed by atoms with Gasteiger partial charge in [-0.2, -0.15) is 11.8 Å². The minimum atomic E-state index is 0.00644. The van der Waals surface area contributed by atoms with Crippen LogP contribution in [0.2, 0.25) is 0 Å². The molecular formula is C21H27NOS. The number of rotatable bonds is 6. The van der Waals surface area contributed by atoms with Crippen molar-refractivity contribution in [2.24, 2.45) is 0 Å². The summed E-state index contributed by atoms with van der Waals surface area (Å²) < 4.78 is 0. The number of benzene rings is 2. The van der Waals surface area contributed by atoms with Crippen molar-refractivity contribution in [2.75, 3.05) is 12.3 Å². The van der Waals surface area contributed by atoms with Crippen molar-refractivity contribution in [1.29, 1.82) is 0 Å². The zero-order valence-electron chi connectivity index (χ0n) is 15.1. The van der Waals surface area contributed by atoms with Crippen molar-refractivity contribution in [2.45, 2.75) is 38.9 Å². The molecule has 0 heterocycles. The second-order valence-corrected chi connectivity index (χ2v) is 8.17. The number of carbonyl (C=O) groups is 1. The summed E-state index contributed by atoms with van der Waals surface area (Å²) in [6.07, 6.45) is 0. The average molecular weight is 342 g/mol. The van der Waals surface area contributed by atoms with Gasteiger partial charge in [-0.3, -0.25) is 4.79 Å². The molecule has 0 saturated carbocycles. The first-order valence-electron chi connectivity index (χ1n) is 8.39. The van der Waals surface area contributed by atoms with E-state index < -0.39 is 0 Å². The Kier molecular flexibility index (Phi) is 6.50. The lowest BCUT2D eigenvalue weighted by molar-refractivity contribution is 0.0956. The van der Waals surface area contributed by atoms with E-state index in [0.717, 1.165) is 17.1 Å². The second-order valence-electron chi connectivity index (χ2n) is 7.06. The lowest BCUT2D eigenvalue weighted by atomic mass is 9.87. The molecule has 1 N–H and O–H groups in total. The predicted octanol–water partition coefficient (Wildman–Crippen LogP) is 4.96. The molecule has 2 nitrogen and oxygen atoms in total. The molecule has 2 rings (SSSR count). The van der Waals surface area contributed by atoms with Gasteiger partial charge in [-0.05, 0) is 41.2 Å². The van der Waals surface area contributed by atoms with E-state index >= 15 is 0 Å². The molecule has 0 bridgehead atoms. The Morgan fingerprint density at radius 1 is 1.04 bits per heavy atom. The SMILES string of the molecule is Cc1ccccc1CSCCNC(=O)c1ccc(C(C)(C)C)cc1. The molecule has 2 aromatic carbocycles. The van der Waals surface area contributed by atoms with Crippen LogP contribution in [0.1, 0.15) is 47.8 Å². The number of hydrogen-bond donors (Lipinski definition) is 1. The van der Waals surface area contributed by atoms with Gasteiger partial charge in [0.05, 0.1) is 0 Å². The number of hydrogen-bond acceptors (Lipinski definition) is 2. The van der Waals surface area contributed by atoms with Gasteiger partial charge in [0.15, 0.2) is 0 Å². The molecule has 0 atom stereocenters. The van der Waals surface area contributed by atoms with Crippen LogP contribution in [0, 0.1) is 6.92 Å². The smallest absolute Gasteiger partial charge is 0.251 e. The maximum atomic E-state index is 12.2. The largest absolute Gasteiger partial charge is 0.351 e. The fourth-order valence-corrected chi connectivity index (χ4v) is 3.35. The molecule has 2 aromatic rings. The molecule has 3 heteroatoms. The van der Waals surface area contributed by atoms with Gasteiger partial charge in [-0.25, -0.2) is 0 Å². The van der Waals surface area contributed by atoms with Gasteiger partial charge in [-0.15, -0.1) is 0 Å². The van der Waals surface area contributed by atoms with Crippen LogP contribution in [0.3, 0.4) is 0 Å². The van der Waals surface area contributed by atoms with Gasteiger partial charge in [0, 0.05) is 23.6 Å². The van der Waals surface area contributed by atoms with Gasteiger partial charge in [0.2, 0.25) is 0 Å². The van der Waals surface area contributed by atoms with E-state index in [0.29, 0.717) is 6.54 Å². The average Bonchev–Trinajstić information content (AvgIpc) is 2.55. The minimum absolute atomic E-state index is 0.00644. The van der Waals surface area contributed by atoms with Gasteiger partial charge in [0.25, 0.3) is 5.91 Å². The molecule has 0 aromatic heterocycles. The Balaban J connectivity index is 1.74. The lowest BCUT2D eigenvalue weighted by Crippen LogP contribution is -2.25. The number of amides is 1. The van der Waals surface area contributed by atoms with Crippen molar-refractivity contribution in [3.05, 3.63) is 70.8 Å². The Hall–Kier alpha value is -1.74. The molecule has 0 spiro atoms. The van der Waals surface area contributed by atoms with E-state index in [9.17, 15) is 4.79 Å². The fraction of sp³-hybridized carbons (Fsp3) is 0.381. The topological polar surface area (TPSA) is 29.1 Å². The van der Waals surface area contributed by atoms with Crippen LogP contribution in [0.5, 0.6) is 0 Å². The summed E-state index contributed by atoms with van der Waals surface area (Å²) in [4.78, 5) is 12.2. The van der Waals surface area contributed by atoms with Crippen LogP contribution >= 0.6 is 11.8 Å². The van der Waals surface area contributed by atoms with E-state index in [2.05, 4.69) is 57.3 Å². The highest BCUT2D eigenvalue weighted by atomic mass is 32.2. The molecule has 0 aliphatic heterocycles. The number of aryl methyl sites for hydroxylation is 1. The first-order valence-corrected chi connectivity index (χ1v) is 9.54. The van der Waals surface area contributed by atoms with Crippen LogP contribution in [-0.2, 0) is 11.2 Å². The van der Waals surface area contributed by atoms with Crippen LogP contribution in [-0.4, -0.2) is 18.2 Å². The highest BCUT2D eigenvalue weighted by Crippen LogP contribution is 2.22. The third kappa shape index (κ3) is 5.41. The maximum Gasteiger partial charge on any atom is 0.251 e. The van der Waals surface area contributed by atoms with Crippen molar-refractivity contribution >= 4 is 17.7 Å². The summed E-state index contributed by atoms with van der Waals surface area (Å²) in [6.45, 7) is 9.35.